The highest BCUT2D eigenvalue weighted by molar-refractivity contribution is 5.81. The molecule has 0 amide bonds. The second kappa shape index (κ2) is 7.43. The van der Waals surface area contributed by atoms with E-state index in [0.29, 0.717) is 28.2 Å². The number of halogens is 1. The quantitative estimate of drug-likeness (QED) is 0.569. The third-order valence-electron chi connectivity index (χ3n) is 4.83. The van der Waals surface area contributed by atoms with Crippen molar-refractivity contribution >= 4 is 16.7 Å². The summed E-state index contributed by atoms with van der Waals surface area (Å²) >= 11 is 0. The van der Waals surface area contributed by atoms with Crippen molar-refractivity contribution in [2.45, 2.75) is 26.8 Å². The van der Waals surface area contributed by atoms with Crippen molar-refractivity contribution < 1.29 is 4.39 Å². The van der Waals surface area contributed by atoms with Gasteiger partial charge in [0.15, 0.2) is 0 Å². The highest BCUT2D eigenvalue weighted by atomic mass is 19.1. The van der Waals surface area contributed by atoms with Gasteiger partial charge in [-0.1, -0.05) is 18.2 Å². The van der Waals surface area contributed by atoms with E-state index < -0.39 is 5.82 Å². The van der Waals surface area contributed by atoms with E-state index in [-0.39, 0.29) is 11.6 Å². The molecule has 2 aromatic heterocycles. The van der Waals surface area contributed by atoms with E-state index in [2.05, 4.69) is 15.3 Å². The molecule has 0 aliphatic carbocycles. The molecule has 0 fully saturated rings. The van der Waals surface area contributed by atoms with E-state index in [0.717, 1.165) is 11.1 Å². The Morgan fingerprint density at radius 3 is 2.66 bits per heavy atom. The lowest BCUT2D eigenvalue weighted by Gasteiger charge is -2.21. The van der Waals surface area contributed by atoms with Gasteiger partial charge in [0.2, 0.25) is 0 Å². The Kier molecular flexibility index (Phi) is 4.80. The SMILES string of the molecule is Cc1cncnc1NC(C)c1nc2cccc(C)c2c(=O)n1-c1cccc(F)c1. The molecule has 2 aromatic carbocycles. The zero-order chi connectivity index (χ0) is 20.5. The molecule has 0 saturated carbocycles. The summed E-state index contributed by atoms with van der Waals surface area (Å²) in [7, 11) is 0. The monoisotopic (exact) mass is 389 g/mol. The fraction of sp³-hybridized carbons (Fsp3) is 0.182. The topological polar surface area (TPSA) is 72.7 Å². The molecule has 0 radical (unpaired) electrons. The Bertz CT molecular complexity index is 1270. The summed E-state index contributed by atoms with van der Waals surface area (Å²) in [6, 6.07) is 11.1. The van der Waals surface area contributed by atoms with Gasteiger partial charge in [0.05, 0.1) is 22.6 Å². The third kappa shape index (κ3) is 3.47. The summed E-state index contributed by atoms with van der Waals surface area (Å²) in [5.41, 5.74) is 2.49. The van der Waals surface area contributed by atoms with E-state index in [1.54, 1.807) is 18.3 Å². The van der Waals surface area contributed by atoms with E-state index in [1.165, 1.54) is 23.0 Å². The van der Waals surface area contributed by atoms with E-state index in [9.17, 15) is 9.18 Å². The summed E-state index contributed by atoms with van der Waals surface area (Å²) in [4.78, 5) is 26.5. The highest BCUT2D eigenvalue weighted by Crippen LogP contribution is 2.23. The number of nitrogens with zero attached hydrogens (tertiary/aromatic N) is 4. The van der Waals surface area contributed by atoms with Crippen LogP contribution in [0.1, 0.15) is 29.9 Å². The number of fused-ring (bicyclic) bond motifs is 1. The standard InChI is InChI=1S/C22H20FN5O/c1-13-6-4-9-18-19(13)22(29)28(17-8-5-7-16(23)10-17)21(27-18)15(3)26-20-14(2)11-24-12-25-20/h4-12,15H,1-3H3,(H,24,25,26). The van der Waals surface area contributed by atoms with Crippen molar-refractivity contribution in [1.29, 1.82) is 0 Å². The van der Waals surface area contributed by atoms with E-state index >= 15 is 0 Å². The van der Waals surface area contributed by atoms with Crippen LogP contribution in [0.3, 0.4) is 0 Å². The van der Waals surface area contributed by atoms with E-state index in [4.69, 9.17) is 4.98 Å². The van der Waals surface area contributed by atoms with Crippen LogP contribution >= 0.6 is 0 Å². The van der Waals surface area contributed by atoms with E-state index in [1.807, 2.05) is 39.0 Å². The molecule has 4 rings (SSSR count). The minimum absolute atomic E-state index is 0.234. The number of hydrogen-bond donors (Lipinski definition) is 1. The Morgan fingerprint density at radius 2 is 1.90 bits per heavy atom. The average molecular weight is 389 g/mol. The van der Waals surface area contributed by atoms with Crippen molar-refractivity contribution in [1.82, 2.24) is 19.5 Å². The van der Waals surface area contributed by atoms with Crippen LogP contribution in [-0.4, -0.2) is 19.5 Å². The number of aryl methyl sites for hydroxylation is 2. The molecule has 0 bridgehead atoms. The van der Waals surface area contributed by atoms with Crippen molar-refractivity contribution in [3.63, 3.8) is 0 Å². The molecule has 7 heteroatoms. The molecular formula is C22H20FN5O. The lowest BCUT2D eigenvalue weighted by atomic mass is 10.1. The van der Waals surface area contributed by atoms with Gasteiger partial charge in [-0.3, -0.25) is 9.36 Å². The zero-order valence-electron chi connectivity index (χ0n) is 16.3. The Hall–Kier alpha value is -3.61. The van der Waals surface area contributed by atoms with Gasteiger partial charge >= 0.3 is 0 Å². The Labute approximate surface area is 167 Å². The number of benzene rings is 2. The molecule has 29 heavy (non-hydrogen) atoms. The molecule has 1 unspecified atom stereocenters. The van der Waals surface area contributed by atoms with Gasteiger partial charge in [0, 0.05) is 11.8 Å². The lowest BCUT2D eigenvalue weighted by molar-refractivity contribution is 0.624. The van der Waals surface area contributed by atoms with Gasteiger partial charge < -0.3 is 5.32 Å². The fourth-order valence-electron chi connectivity index (χ4n) is 3.39. The van der Waals surface area contributed by atoms with Crippen LogP contribution in [0.4, 0.5) is 10.2 Å². The van der Waals surface area contributed by atoms with Crippen LogP contribution in [-0.2, 0) is 0 Å². The molecule has 1 N–H and O–H groups in total. The summed E-state index contributed by atoms with van der Waals surface area (Å²) in [5.74, 6) is 0.700. The van der Waals surface area contributed by atoms with Gasteiger partial charge in [-0.15, -0.1) is 0 Å². The summed E-state index contributed by atoms with van der Waals surface area (Å²) in [6.45, 7) is 5.65. The number of rotatable bonds is 4. The Morgan fingerprint density at radius 1 is 1.10 bits per heavy atom. The van der Waals surface area contributed by atoms with Gasteiger partial charge in [0.1, 0.15) is 23.8 Å². The average Bonchev–Trinajstić information content (AvgIpc) is 2.69. The molecule has 0 aliphatic heterocycles. The molecule has 146 valence electrons. The number of aromatic nitrogens is 4. The van der Waals surface area contributed by atoms with Crippen molar-refractivity contribution in [3.05, 3.63) is 88.1 Å². The highest BCUT2D eigenvalue weighted by Gasteiger charge is 2.20. The predicted octanol–water partition coefficient (Wildman–Crippen LogP) is 4.10. The van der Waals surface area contributed by atoms with Crippen LogP contribution < -0.4 is 10.9 Å². The molecule has 0 spiro atoms. The van der Waals surface area contributed by atoms with Crippen LogP contribution in [0.15, 0.2) is 59.8 Å². The first-order valence-corrected chi connectivity index (χ1v) is 9.27. The molecule has 0 aliphatic rings. The maximum absolute atomic E-state index is 13.9. The van der Waals surface area contributed by atoms with Crippen LogP contribution in [0.25, 0.3) is 16.6 Å². The first kappa shape index (κ1) is 18.7. The van der Waals surface area contributed by atoms with Crippen LogP contribution in [0.2, 0.25) is 0 Å². The number of anilines is 1. The second-order valence-electron chi connectivity index (χ2n) is 6.98. The lowest BCUT2D eigenvalue weighted by Crippen LogP contribution is -2.28. The van der Waals surface area contributed by atoms with Crippen molar-refractivity contribution in [2.75, 3.05) is 5.32 Å². The van der Waals surface area contributed by atoms with Crippen LogP contribution in [0, 0.1) is 19.7 Å². The van der Waals surface area contributed by atoms with Crippen molar-refractivity contribution in [2.24, 2.45) is 0 Å². The first-order valence-electron chi connectivity index (χ1n) is 9.27. The number of nitrogens with one attached hydrogen (secondary N) is 1. The molecule has 2 heterocycles. The minimum Gasteiger partial charge on any atom is -0.360 e. The predicted molar refractivity (Wildman–Crippen MR) is 111 cm³/mol. The number of hydrogen-bond acceptors (Lipinski definition) is 5. The van der Waals surface area contributed by atoms with Gasteiger partial charge in [-0.05, 0) is 50.6 Å². The zero-order valence-corrected chi connectivity index (χ0v) is 16.3. The normalized spacial score (nSPS) is 12.1. The maximum Gasteiger partial charge on any atom is 0.266 e. The summed E-state index contributed by atoms with van der Waals surface area (Å²) in [5, 5.41) is 3.81. The third-order valence-corrected chi connectivity index (χ3v) is 4.83. The first-order chi connectivity index (χ1) is 14.0. The van der Waals surface area contributed by atoms with Gasteiger partial charge in [-0.2, -0.15) is 0 Å². The molecule has 4 aromatic rings. The molecule has 0 saturated heterocycles. The molecular weight excluding hydrogens is 369 g/mol. The van der Waals surface area contributed by atoms with Gasteiger partial charge in [0.25, 0.3) is 5.56 Å². The maximum atomic E-state index is 13.9. The van der Waals surface area contributed by atoms with Gasteiger partial charge in [-0.25, -0.2) is 19.3 Å². The second-order valence-corrected chi connectivity index (χ2v) is 6.98. The fourth-order valence-corrected chi connectivity index (χ4v) is 3.39. The summed E-state index contributed by atoms with van der Waals surface area (Å²) < 4.78 is 15.4. The minimum atomic E-state index is -0.419. The van der Waals surface area contributed by atoms with Crippen molar-refractivity contribution in [3.8, 4) is 5.69 Å². The molecule has 6 nitrogen and oxygen atoms in total. The molecule has 1 atom stereocenters. The Balaban J connectivity index is 1.96. The largest absolute Gasteiger partial charge is 0.360 e. The smallest absolute Gasteiger partial charge is 0.266 e. The summed E-state index contributed by atoms with van der Waals surface area (Å²) in [6.07, 6.45) is 3.16. The van der Waals surface area contributed by atoms with Crippen LogP contribution in [0.5, 0.6) is 0 Å².